The molecule has 2 heterocycles. The van der Waals surface area contributed by atoms with Gasteiger partial charge in [-0.3, -0.25) is 0 Å². The molecule has 0 fully saturated rings. The maximum atomic E-state index is 9.57. The van der Waals surface area contributed by atoms with Crippen molar-refractivity contribution >= 4 is 43.2 Å². The standard InChI is InChI=1S/C11H13BrN2O2S/c1-16-5-7(15)4-14-11-10-8(2-3-13-11)9(12)6-17-10/h2-3,6-7,15H,4-5H2,1H3,(H,13,14)/t7-/m1/s1. The minimum Gasteiger partial charge on any atom is -0.389 e. The fraction of sp³-hybridized carbons (Fsp3) is 0.364. The van der Waals surface area contributed by atoms with Crippen molar-refractivity contribution in [2.24, 2.45) is 0 Å². The first kappa shape index (κ1) is 12.8. The summed E-state index contributed by atoms with van der Waals surface area (Å²) in [4.78, 5) is 4.28. The smallest absolute Gasteiger partial charge is 0.144 e. The maximum absolute atomic E-state index is 9.57. The first-order valence-corrected chi connectivity index (χ1v) is 6.82. The number of aliphatic hydroxyl groups excluding tert-OH is 1. The van der Waals surface area contributed by atoms with E-state index in [1.54, 1.807) is 24.6 Å². The number of nitrogens with zero attached hydrogens (tertiary/aromatic N) is 1. The molecule has 2 aromatic rings. The molecule has 17 heavy (non-hydrogen) atoms. The Morgan fingerprint density at radius 1 is 1.65 bits per heavy atom. The van der Waals surface area contributed by atoms with Gasteiger partial charge < -0.3 is 15.2 Å². The predicted molar refractivity (Wildman–Crippen MR) is 73.7 cm³/mol. The molecule has 4 nitrogen and oxygen atoms in total. The van der Waals surface area contributed by atoms with Gasteiger partial charge in [0.05, 0.1) is 17.4 Å². The lowest BCUT2D eigenvalue weighted by molar-refractivity contribution is 0.0727. The molecule has 0 amide bonds. The van der Waals surface area contributed by atoms with Gasteiger partial charge in [0.2, 0.25) is 0 Å². The molecule has 2 N–H and O–H groups in total. The van der Waals surface area contributed by atoms with Crippen molar-refractivity contribution < 1.29 is 9.84 Å². The third-order valence-corrected chi connectivity index (χ3v) is 4.27. The quantitative estimate of drug-likeness (QED) is 0.889. The number of aromatic nitrogens is 1. The third kappa shape index (κ3) is 2.95. The highest BCUT2D eigenvalue weighted by molar-refractivity contribution is 9.10. The second-order valence-electron chi connectivity index (χ2n) is 3.61. The summed E-state index contributed by atoms with van der Waals surface area (Å²) in [5.41, 5.74) is 0. The molecule has 0 aliphatic rings. The number of rotatable bonds is 5. The summed E-state index contributed by atoms with van der Waals surface area (Å²) in [7, 11) is 1.57. The molecular weight excluding hydrogens is 304 g/mol. The lowest BCUT2D eigenvalue weighted by Gasteiger charge is -2.11. The molecule has 2 rings (SSSR count). The van der Waals surface area contributed by atoms with Crippen LogP contribution >= 0.6 is 27.3 Å². The van der Waals surface area contributed by atoms with Crippen LogP contribution in [0.15, 0.2) is 22.1 Å². The number of halogens is 1. The summed E-state index contributed by atoms with van der Waals surface area (Å²) in [6.45, 7) is 0.743. The number of nitrogens with one attached hydrogen (secondary N) is 1. The number of aliphatic hydroxyl groups is 1. The Labute approximate surface area is 112 Å². The van der Waals surface area contributed by atoms with Crippen molar-refractivity contribution in [2.45, 2.75) is 6.10 Å². The Hall–Kier alpha value is -0.690. The minimum absolute atomic E-state index is 0.317. The second-order valence-corrected chi connectivity index (χ2v) is 5.34. The van der Waals surface area contributed by atoms with E-state index < -0.39 is 6.10 Å². The number of fused-ring (bicyclic) bond motifs is 1. The summed E-state index contributed by atoms with van der Waals surface area (Å²) in [5.74, 6) is 0.799. The largest absolute Gasteiger partial charge is 0.389 e. The summed E-state index contributed by atoms with van der Waals surface area (Å²) >= 11 is 5.11. The van der Waals surface area contributed by atoms with Gasteiger partial charge in [0.25, 0.3) is 0 Å². The van der Waals surface area contributed by atoms with Crippen molar-refractivity contribution in [1.82, 2.24) is 4.98 Å². The molecule has 0 spiro atoms. The van der Waals surface area contributed by atoms with E-state index in [9.17, 15) is 5.11 Å². The van der Waals surface area contributed by atoms with E-state index >= 15 is 0 Å². The van der Waals surface area contributed by atoms with E-state index in [0.717, 1.165) is 20.4 Å². The van der Waals surface area contributed by atoms with Crippen molar-refractivity contribution in [3.8, 4) is 0 Å². The average Bonchev–Trinajstić information content (AvgIpc) is 2.70. The molecule has 0 aliphatic carbocycles. The van der Waals surface area contributed by atoms with Gasteiger partial charge >= 0.3 is 0 Å². The number of hydrogen-bond acceptors (Lipinski definition) is 5. The molecule has 0 unspecified atom stereocenters. The fourth-order valence-electron chi connectivity index (χ4n) is 1.52. The number of anilines is 1. The number of thiophene rings is 1. The minimum atomic E-state index is -0.527. The number of methoxy groups -OCH3 is 1. The molecule has 0 aromatic carbocycles. The summed E-state index contributed by atoms with van der Waals surface area (Å²) in [5, 5.41) is 15.9. The van der Waals surface area contributed by atoms with Crippen molar-refractivity contribution in [3.63, 3.8) is 0 Å². The molecule has 92 valence electrons. The lowest BCUT2D eigenvalue weighted by Crippen LogP contribution is -2.24. The van der Waals surface area contributed by atoms with Gasteiger partial charge in [-0.1, -0.05) is 0 Å². The zero-order chi connectivity index (χ0) is 12.3. The van der Waals surface area contributed by atoms with Gasteiger partial charge in [-0.25, -0.2) is 4.98 Å². The molecule has 1 atom stereocenters. The summed E-state index contributed by atoms with van der Waals surface area (Å²) < 4.78 is 7.03. The third-order valence-electron chi connectivity index (χ3n) is 2.31. The SMILES string of the molecule is COC[C@H](O)CNc1nccc2c(Br)csc12. The van der Waals surface area contributed by atoms with E-state index in [0.29, 0.717) is 13.2 Å². The predicted octanol–water partition coefficient (Wildman–Crippen LogP) is 2.48. The topological polar surface area (TPSA) is 54.4 Å². The average molecular weight is 317 g/mol. The number of pyridine rings is 1. The summed E-state index contributed by atoms with van der Waals surface area (Å²) in [6.07, 6.45) is 1.23. The van der Waals surface area contributed by atoms with Crippen molar-refractivity contribution in [2.75, 3.05) is 25.6 Å². The Morgan fingerprint density at radius 3 is 3.24 bits per heavy atom. The highest BCUT2D eigenvalue weighted by atomic mass is 79.9. The highest BCUT2D eigenvalue weighted by Crippen LogP contribution is 2.33. The Balaban J connectivity index is 2.13. The number of ether oxygens (including phenoxy) is 1. The van der Waals surface area contributed by atoms with Crippen LogP contribution in [0.1, 0.15) is 0 Å². The molecule has 0 saturated heterocycles. The number of hydrogen-bond donors (Lipinski definition) is 2. The molecule has 0 radical (unpaired) electrons. The van der Waals surface area contributed by atoms with Crippen LogP contribution < -0.4 is 5.32 Å². The molecule has 0 aliphatic heterocycles. The van der Waals surface area contributed by atoms with E-state index in [1.165, 1.54) is 0 Å². The Kier molecular flexibility index (Phi) is 4.33. The van der Waals surface area contributed by atoms with E-state index in [-0.39, 0.29) is 0 Å². The van der Waals surface area contributed by atoms with Gasteiger partial charge in [-0.2, -0.15) is 0 Å². The normalized spacial score (nSPS) is 12.9. The van der Waals surface area contributed by atoms with Gasteiger partial charge in [0, 0.05) is 35.1 Å². The molecule has 0 bridgehead atoms. The van der Waals surface area contributed by atoms with Crippen LogP contribution in [0.25, 0.3) is 10.1 Å². The lowest BCUT2D eigenvalue weighted by atomic mass is 10.3. The van der Waals surface area contributed by atoms with Gasteiger partial charge in [0.1, 0.15) is 5.82 Å². The van der Waals surface area contributed by atoms with Crippen LogP contribution in [-0.2, 0) is 4.74 Å². The fourth-order valence-corrected chi connectivity index (χ4v) is 3.15. The monoisotopic (exact) mass is 316 g/mol. The van der Waals surface area contributed by atoms with E-state index in [2.05, 4.69) is 26.2 Å². The van der Waals surface area contributed by atoms with Crippen molar-refractivity contribution in [1.29, 1.82) is 0 Å². The molecular formula is C11H13BrN2O2S. The van der Waals surface area contributed by atoms with Crippen molar-refractivity contribution in [3.05, 3.63) is 22.1 Å². The maximum Gasteiger partial charge on any atom is 0.144 e. The molecule has 6 heteroatoms. The van der Waals surface area contributed by atoms with Crippen LogP contribution in [0.5, 0.6) is 0 Å². The first-order chi connectivity index (χ1) is 8.22. The molecule has 0 saturated carbocycles. The van der Waals surface area contributed by atoms with E-state index in [1.807, 2.05) is 11.4 Å². The Bertz CT molecular complexity index is 503. The highest BCUT2D eigenvalue weighted by Gasteiger charge is 2.09. The zero-order valence-electron chi connectivity index (χ0n) is 9.31. The Morgan fingerprint density at radius 2 is 2.47 bits per heavy atom. The van der Waals surface area contributed by atoms with Crippen LogP contribution in [-0.4, -0.2) is 36.5 Å². The van der Waals surface area contributed by atoms with Gasteiger partial charge in [0.15, 0.2) is 0 Å². The molecule has 2 aromatic heterocycles. The van der Waals surface area contributed by atoms with E-state index in [4.69, 9.17) is 4.74 Å². The van der Waals surface area contributed by atoms with Crippen LogP contribution in [0.4, 0.5) is 5.82 Å². The zero-order valence-corrected chi connectivity index (χ0v) is 11.7. The van der Waals surface area contributed by atoms with Crippen LogP contribution in [0.3, 0.4) is 0 Å². The van der Waals surface area contributed by atoms with Crippen LogP contribution in [0.2, 0.25) is 0 Å². The second kappa shape index (κ2) is 5.77. The summed E-state index contributed by atoms with van der Waals surface area (Å²) in [6, 6.07) is 1.96. The van der Waals surface area contributed by atoms with Gasteiger partial charge in [-0.15, -0.1) is 11.3 Å². The first-order valence-electron chi connectivity index (χ1n) is 5.15. The van der Waals surface area contributed by atoms with Crippen LogP contribution in [0, 0.1) is 0 Å². The van der Waals surface area contributed by atoms with Gasteiger partial charge in [-0.05, 0) is 22.0 Å².